The Balaban J connectivity index is 1.13. The van der Waals surface area contributed by atoms with Crippen molar-refractivity contribution in [2.24, 2.45) is 4.40 Å². The zero-order valence-electron chi connectivity index (χ0n) is 21.6. The second-order valence-corrected chi connectivity index (χ2v) is 11.0. The van der Waals surface area contributed by atoms with Gasteiger partial charge in [0.05, 0.1) is 12.3 Å². The van der Waals surface area contributed by atoms with E-state index < -0.39 is 28.5 Å². The topological polar surface area (TPSA) is 118 Å². The van der Waals surface area contributed by atoms with Gasteiger partial charge in [-0.25, -0.2) is 0 Å². The normalized spacial score (nSPS) is 16.8. The van der Waals surface area contributed by atoms with E-state index in [-0.39, 0.29) is 17.3 Å². The van der Waals surface area contributed by atoms with Gasteiger partial charge in [-0.15, -0.1) is 4.40 Å². The number of amides is 1. The molecule has 10 nitrogen and oxygen atoms in total. The summed E-state index contributed by atoms with van der Waals surface area (Å²) >= 11 is 0. The van der Waals surface area contributed by atoms with Crippen molar-refractivity contribution in [2.45, 2.75) is 50.0 Å². The van der Waals surface area contributed by atoms with Crippen molar-refractivity contribution in [1.82, 2.24) is 10.2 Å². The maximum Gasteiger partial charge on any atom is 0.306 e. The maximum absolute atomic E-state index is 12.4. The van der Waals surface area contributed by atoms with Crippen LogP contribution in [0.25, 0.3) is 0 Å². The molecule has 4 rings (SSSR count). The number of rotatable bonds is 10. The summed E-state index contributed by atoms with van der Waals surface area (Å²) in [7, 11) is -2.35. The molecule has 0 aromatic heterocycles. The lowest BCUT2D eigenvalue weighted by atomic mass is 10.1. The lowest BCUT2D eigenvalue weighted by molar-refractivity contribution is -0.148. The average molecular weight is 543 g/mol. The van der Waals surface area contributed by atoms with Crippen LogP contribution < -0.4 is 15.0 Å². The van der Waals surface area contributed by atoms with Crippen LogP contribution in [0, 0.1) is 0 Å². The summed E-state index contributed by atoms with van der Waals surface area (Å²) in [6.07, 6.45) is 5.20. The SMILES string of the molecule is CN1C(NC(=O)COC(=O)CCCCOc2cccc(CN3CCCCC3)c2)=NS(=O)(=O)c2ccccc21. The second kappa shape index (κ2) is 12.9. The van der Waals surface area contributed by atoms with Crippen LogP contribution in [0.4, 0.5) is 5.69 Å². The molecule has 2 aliphatic rings. The highest BCUT2D eigenvalue weighted by Crippen LogP contribution is 2.29. The summed E-state index contributed by atoms with van der Waals surface area (Å²) in [5, 5.41) is 2.40. The summed E-state index contributed by atoms with van der Waals surface area (Å²) in [6, 6.07) is 14.5. The zero-order valence-corrected chi connectivity index (χ0v) is 22.4. The van der Waals surface area contributed by atoms with Gasteiger partial charge >= 0.3 is 5.97 Å². The lowest BCUT2D eigenvalue weighted by Crippen LogP contribution is -2.46. The number of piperidine rings is 1. The molecule has 1 N–H and O–H groups in total. The fourth-order valence-corrected chi connectivity index (χ4v) is 5.66. The first-order chi connectivity index (χ1) is 18.3. The molecule has 204 valence electrons. The number of fused-ring (bicyclic) bond motifs is 1. The molecule has 0 spiro atoms. The van der Waals surface area contributed by atoms with Crippen LogP contribution in [0.15, 0.2) is 57.8 Å². The molecule has 2 aliphatic heterocycles. The Morgan fingerprint density at radius 3 is 2.63 bits per heavy atom. The molecule has 38 heavy (non-hydrogen) atoms. The van der Waals surface area contributed by atoms with Crippen LogP contribution in [0.3, 0.4) is 0 Å². The highest BCUT2D eigenvalue weighted by Gasteiger charge is 2.29. The number of hydrogen-bond donors (Lipinski definition) is 1. The number of benzene rings is 2. The molecule has 0 aliphatic carbocycles. The van der Waals surface area contributed by atoms with Crippen LogP contribution in [0.1, 0.15) is 44.1 Å². The van der Waals surface area contributed by atoms with Crippen molar-refractivity contribution >= 4 is 33.5 Å². The van der Waals surface area contributed by atoms with Gasteiger partial charge in [-0.3, -0.25) is 19.8 Å². The molecule has 1 amide bonds. The summed E-state index contributed by atoms with van der Waals surface area (Å²) in [4.78, 5) is 28.3. The highest BCUT2D eigenvalue weighted by atomic mass is 32.2. The number of guanidine groups is 1. The first-order valence-corrected chi connectivity index (χ1v) is 14.3. The van der Waals surface area contributed by atoms with Gasteiger partial charge in [0, 0.05) is 20.0 Å². The first kappa shape index (κ1) is 27.6. The van der Waals surface area contributed by atoms with Crippen LogP contribution in [-0.2, 0) is 30.9 Å². The zero-order chi connectivity index (χ0) is 27.0. The molecule has 0 radical (unpaired) electrons. The van der Waals surface area contributed by atoms with Gasteiger partial charge in [-0.2, -0.15) is 8.42 Å². The summed E-state index contributed by atoms with van der Waals surface area (Å²) in [5.74, 6) is -0.521. The van der Waals surface area contributed by atoms with Crippen molar-refractivity contribution in [1.29, 1.82) is 0 Å². The Morgan fingerprint density at radius 2 is 1.82 bits per heavy atom. The number of esters is 1. The van der Waals surface area contributed by atoms with Crippen LogP contribution in [0.2, 0.25) is 0 Å². The number of unbranched alkanes of at least 4 members (excludes halogenated alkanes) is 1. The molecule has 0 atom stereocenters. The van der Waals surface area contributed by atoms with Crippen molar-refractivity contribution in [2.75, 3.05) is 38.3 Å². The van der Waals surface area contributed by atoms with Gasteiger partial charge in [0.15, 0.2) is 6.61 Å². The standard InChI is InChI=1S/C27H34N4O6S/c1-30-23-12-3-4-13-24(23)38(34,35)29-27(30)28-25(32)20-37-26(33)14-5-8-17-36-22-11-9-10-21(18-22)19-31-15-6-2-7-16-31/h3-4,9-13,18H,2,5-8,14-17,19-20H2,1H3,(H,28,29,32). The molecular formula is C27H34N4O6S. The minimum Gasteiger partial charge on any atom is -0.494 e. The van der Waals surface area contributed by atoms with E-state index in [9.17, 15) is 18.0 Å². The number of nitrogens with one attached hydrogen (secondary N) is 1. The number of ether oxygens (including phenoxy) is 2. The number of carbonyl (C=O) groups excluding carboxylic acids is 2. The number of para-hydroxylation sites is 1. The highest BCUT2D eigenvalue weighted by molar-refractivity contribution is 7.90. The third kappa shape index (κ3) is 7.55. The van der Waals surface area contributed by atoms with E-state index in [0.717, 1.165) is 25.4 Å². The predicted molar refractivity (Wildman–Crippen MR) is 143 cm³/mol. The number of hydrogen-bond acceptors (Lipinski definition) is 8. The molecule has 0 bridgehead atoms. The Labute approximate surface area is 223 Å². The van der Waals surface area contributed by atoms with Crippen molar-refractivity contribution in [3.8, 4) is 5.75 Å². The number of anilines is 1. The Hall–Kier alpha value is -3.44. The van der Waals surface area contributed by atoms with Crippen molar-refractivity contribution in [3.63, 3.8) is 0 Å². The lowest BCUT2D eigenvalue weighted by Gasteiger charge is -2.26. The average Bonchev–Trinajstić information content (AvgIpc) is 2.91. The fraction of sp³-hybridized carbons (Fsp3) is 0.444. The molecule has 0 unspecified atom stereocenters. The number of sulfonamides is 1. The molecule has 0 saturated carbocycles. The van der Waals surface area contributed by atoms with Gasteiger partial charge in [0.2, 0.25) is 5.96 Å². The Kier molecular flexibility index (Phi) is 9.35. The molecule has 11 heteroatoms. The van der Waals surface area contributed by atoms with E-state index in [1.165, 1.54) is 35.8 Å². The van der Waals surface area contributed by atoms with Gasteiger partial charge in [-0.05, 0) is 68.6 Å². The van der Waals surface area contributed by atoms with Crippen LogP contribution in [0.5, 0.6) is 5.75 Å². The summed E-state index contributed by atoms with van der Waals surface area (Å²) < 4.78 is 39.3. The van der Waals surface area contributed by atoms with Gasteiger partial charge in [0.25, 0.3) is 15.9 Å². The smallest absolute Gasteiger partial charge is 0.306 e. The molecule has 2 aromatic carbocycles. The van der Waals surface area contributed by atoms with Crippen LogP contribution >= 0.6 is 0 Å². The number of carbonyl (C=O) groups is 2. The second-order valence-electron chi connectivity index (χ2n) is 9.42. The first-order valence-electron chi connectivity index (χ1n) is 12.9. The molecule has 2 aromatic rings. The van der Waals surface area contributed by atoms with Gasteiger partial charge in [-0.1, -0.05) is 30.7 Å². The van der Waals surface area contributed by atoms with Crippen LogP contribution in [-0.4, -0.2) is 64.5 Å². The quantitative estimate of drug-likeness (QED) is 0.360. The Morgan fingerprint density at radius 1 is 1.03 bits per heavy atom. The fourth-order valence-electron chi connectivity index (χ4n) is 4.45. The van der Waals surface area contributed by atoms with E-state index in [1.54, 1.807) is 25.2 Å². The van der Waals surface area contributed by atoms with E-state index in [2.05, 4.69) is 26.7 Å². The molecule has 1 fully saturated rings. The minimum absolute atomic E-state index is 0.0565. The third-order valence-corrected chi connectivity index (χ3v) is 7.76. The van der Waals surface area contributed by atoms with Gasteiger partial charge < -0.3 is 14.4 Å². The molecule has 2 heterocycles. The third-order valence-electron chi connectivity index (χ3n) is 6.44. The number of likely N-dealkylation sites (tertiary alicyclic amines) is 1. The van der Waals surface area contributed by atoms with E-state index in [4.69, 9.17) is 9.47 Å². The monoisotopic (exact) mass is 542 g/mol. The summed E-state index contributed by atoms with van der Waals surface area (Å²) in [5.41, 5.74) is 1.63. The maximum atomic E-state index is 12.4. The number of nitrogens with zero attached hydrogens (tertiary/aromatic N) is 3. The minimum atomic E-state index is -3.94. The molecular weight excluding hydrogens is 508 g/mol. The largest absolute Gasteiger partial charge is 0.494 e. The van der Waals surface area contributed by atoms with E-state index >= 15 is 0 Å². The molecule has 1 saturated heterocycles. The van der Waals surface area contributed by atoms with E-state index in [1.807, 2.05) is 12.1 Å². The predicted octanol–water partition coefficient (Wildman–Crippen LogP) is 3.08. The van der Waals surface area contributed by atoms with Gasteiger partial charge in [0.1, 0.15) is 10.6 Å². The van der Waals surface area contributed by atoms with E-state index in [0.29, 0.717) is 25.1 Å². The van der Waals surface area contributed by atoms with Crippen molar-refractivity contribution in [3.05, 3.63) is 54.1 Å². The summed E-state index contributed by atoms with van der Waals surface area (Å²) in [6.45, 7) is 3.16. The van der Waals surface area contributed by atoms with Crippen molar-refractivity contribution < 1.29 is 27.5 Å². The Bertz CT molecular complexity index is 1270.